The van der Waals surface area contributed by atoms with E-state index in [2.05, 4.69) is 12.2 Å². The molecule has 2 rings (SSSR count). The highest BCUT2D eigenvalue weighted by Crippen LogP contribution is 2.31. The van der Waals surface area contributed by atoms with Gasteiger partial charge in [-0.05, 0) is 56.3 Å². The summed E-state index contributed by atoms with van der Waals surface area (Å²) in [4.78, 5) is 0. The average Bonchev–Trinajstić information content (AvgIpc) is 2.44. The Balaban J connectivity index is 2.02. The molecular formula is C16H23F2NO. The Labute approximate surface area is 119 Å². The van der Waals surface area contributed by atoms with Gasteiger partial charge in [-0.3, -0.25) is 0 Å². The summed E-state index contributed by atoms with van der Waals surface area (Å²) in [5.41, 5.74) is 0.588. The molecule has 0 aliphatic heterocycles. The number of nitrogens with one attached hydrogen (secondary N) is 1. The molecule has 1 aromatic carbocycles. The highest BCUT2D eigenvalue weighted by Gasteiger charge is 2.23. The van der Waals surface area contributed by atoms with Crippen molar-refractivity contribution in [1.29, 1.82) is 0 Å². The second-order valence-electron chi connectivity index (χ2n) is 5.59. The maximum absolute atomic E-state index is 13.9. The lowest BCUT2D eigenvalue weighted by atomic mass is 9.86. The molecule has 0 amide bonds. The zero-order valence-corrected chi connectivity index (χ0v) is 12.2. The van der Waals surface area contributed by atoms with Gasteiger partial charge >= 0.3 is 0 Å². The summed E-state index contributed by atoms with van der Waals surface area (Å²) in [7, 11) is 1.74. The average molecular weight is 283 g/mol. The fourth-order valence-electron chi connectivity index (χ4n) is 2.86. The van der Waals surface area contributed by atoms with Gasteiger partial charge in [0, 0.05) is 6.54 Å². The Hall–Kier alpha value is -1.16. The first-order valence-corrected chi connectivity index (χ1v) is 7.43. The van der Waals surface area contributed by atoms with E-state index in [1.165, 1.54) is 18.6 Å². The van der Waals surface area contributed by atoms with Gasteiger partial charge in [-0.25, -0.2) is 8.78 Å². The Morgan fingerprint density at radius 1 is 1.15 bits per heavy atom. The van der Waals surface area contributed by atoms with Gasteiger partial charge in [0.05, 0.1) is 6.10 Å². The molecule has 1 N–H and O–H groups in total. The Bertz CT molecular complexity index is 419. The molecule has 0 aromatic heterocycles. The smallest absolute Gasteiger partial charge is 0.191 e. The molecule has 0 heterocycles. The minimum Gasteiger partial charge on any atom is -0.484 e. The van der Waals surface area contributed by atoms with Gasteiger partial charge in [0.15, 0.2) is 17.4 Å². The van der Waals surface area contributed by atoms with E-state index in [4.69, 9.17) is 4.74 Å². The maximum Gasteiger partial charge on any atom is 0.191 e. The van der Waals surface area contributed by atoms with Crippen LogP contribution in [-0.4, -0.2) is 13.2 Å². The largest absolute Gasteiger partial charge is 0.484 e. The highest BCUT2D eigenvalue weighted by atomic mass is 19.1. The molecule has 1 aromatic rings. The minimum atomic E-state index is -0.604. The topological polar surface area (TPSA) is 21.3 Å². The molecule has 0 bridgehead atoms. The summed E-state index contributed by atoms with van der Waals surface area (Å²) < 4.78 is 33.5. The lowest BCUT2D eigenvalue weighted by molar-refractivity contribution is 0.119. The van der Waals surface area contributed by atoms with Crippen molar-refractivity contribution in [3.05, 3.63) is 29.3 Å². The number of hydrogen-bond donors (Lipinski definition) is 1. The monoisotopic (exact) mass is 283 g/mol. The lowest BCUT2D eigenvalue weighted by Crippen LogP contribution is -2.24. The van der Waals surface area contributed by atoms with Crippen molar-refractivity contribution >= 4 is 0 Å². The van der Waals surface area contributed by atoms with Crippen LogP contribution in [0.3, 0.4) is 0 Å². The third kappa shape index (κ3) is 3.69. The molecule has 0 atom stereocenters. The van der Waals surface area contributed by atoms with E-state index in [0.717, 1.165) is 31.6 Å². The van der Waals surface area contributed by atoms with Crippen molar-refractivity contribution in [3.63, 3.8) is 0 Å². The third-order valence-corrected chi connectivity index (χ3v) is 4.09. The van der Waals surface area contributed by atoms with Crippen LogP contribution >= 0.6 is 0 Å². The van der Waals surface area contributed by atoms with E-state index < -0.39 is 11.6 Å². The van der Waals surface area contributed by atoms with Crippen LogP contribution in [0.15, 0.2) is 12.1 Å². The van der Waals surface area contributed by atoms with Crippen LogP contribution in [0.2, 0.25) is 0 Å². The van der Waals surface area contributed by atoms with Crippen LogP contribution in [0.5, 0.6) is 5.75 Å². The first kappa shape index (κ1) is 15.2. The van der Waals surface area contributed by atoms with Crippen LogP contribution in [-0.2, 0) is 6.54 Å². The van der Waals surface area contributed by atoms with Gasteiger partial charge in [0.1, 0.15) is 0 Å². The quantitative estimate of drug-likeness (QED) is 0.881. The number of rotatable bonds is 5. The van der Waals surface area contributed by atoms with E-state index in [9.17, 15) is 8.78 Å². The summed E-state index contributed by atoms with van der Waals surface area (Å²) in [6.45, 7) is 2.63. The zero-order valence-electron chi connectivity index (χ0n) is 12.2. The molecule has 0 spiro atoms. The van der Waals surface area contributed by atoms with Crippen LogP contribution < -0.4 is 10.1 Å². The molecule has 1 aliphatic carbocycles. The van der Waals surface area contributed by atoms with Crippen molar-refractivity contribution in [1.82, 2.24) is 5.32 Å². The SMILES string of the molecule is CCC1CCC(Oc2c(F)cc(CNC)cc2F)CC1. The van der Waals surface area contributed by atoms with E-state index >= 15 is 0 Å². The number of halogens is 2. The maximum atomic E-state index is 13.9. The number of benzene rings is 1. The number of ether oxygens (including phenoxy) is 1. The van der Waals surface area contributed by atoms with Gasteiger partial charge in [0.25, 0.3) is 0 Å². The molecule has 1 fully saturated rings. The molecule has 0 saturated heterocycles. The summed E-state index contributed by atoms with van der Waals surface area (Å²) in [5.74, 6) is -0.687. The molecule has 112 valence electrons. The Kier molecular flexibility index (Phi) is 5.35. The van der Waals surface area contributed by atoms with E-state index in [1.807, 2.05) is 0 Å². The molecule has 0 radical (unpaired) electrons. The highest BCUT2D eigenvalue weighted by molar-refractivity contribution is 5.31. The van der Waals surface area contributed by atoms with Crippen LogP contribution in [0, 0.1) is 17.6 Å². The van der Waals surface area contributed by atoms with Crippen LogP contribution in [0.4, 0.5) is 8.78 Å². The van der Waals surface area contributed by atoms with Crippen LogP contribution in [0.1, 0.15) is 44.6 Å². The molecule has 4 heteroatoms. The fraction of sp³-hybridized carbons (Fsp3) is 0.625. The Morgan fingerprint density at radius 2 is 1.75 bits per heavy atom. The standard InChI is InChI=1S/C16H23F2NO/c1-3-11-4-6-13(7-5-11)20-16-14(17)8-12(10-19-2)9-15(16)18/h8-9,11,13,19H,3-7,10H2,1-2H3. The predicted molar refractivity (Wildman–Crippen MR) is 75.8 cm³/mol. The van der Waals surface area contributed by atoms with Gasteiger partial charge in [-0.2, -0.15) is 0 Å². The van der Waals surface area contributed by atoms with Crippen molar-refractivity contribution in [3.8, 4) is 5.75 Å². The van der Waals surface area contributed by atoms with E-state index in [1.54, 1.807) is 7.05 Å². The molecule has 2 nitrogen and oxygen atoms in total. The van der Waals surface area contributed by atoms with Crippen molar-refractivity contribution in [2.45, 2.75) is 51.7 Å². The van der Waals surface area contributed by atoms with Gasteiger partial charge < -0.3 is 10.1 Å². The van der Waals surface area contributed by atoms with Crippen molar-refractivity contribution in [2.24, 2.45) is 5.92 Å². The fourth-order valence-corrected chi connectivity index (χ4v) is 2.86. The lowest BCUT2D eigenvalue weighted by Gasteiger charge is -2.28. The molecule has 1 saturated carbocycles. The second kappa shape index (κ2) is 7.02. The molecule has 20 heavy (non-hydrogen) atoms. The first-order chi connectivity index (χ1) is 9.63. The van der Waals surface area contributed by atoms with Gasteiger partial charge in [-0.15, -0.1) is 0 Å². The van der Waals surface area contributed by atoms with Crippen LogP contribution in [0.25, 0.3) is 0 Å². The predicted octanol–water partition coefficient (Wildman–Crippen LogP) is 4.03. The molecule has 0 unspecified atom stereocenters. The van der Waals surface area contributed by atoms with E-state index in [0.29, 0.717) is 12.1 Å². The number of hydrogen-bond acceptors (Lipinski definition) is 2. The summed E-state index contributed by atoms with van der Waals surface area (Å²) in [5, 5.41) is 2.88. The van der Waals surface area contributed by atoms with Gasteiger partial charge in [0.2, 0.25) is 0 Å². The normalized spacial score (nSPS) is 22.8. The van der Waals surface area contributed by atoms with Gasteiger partial charge in [-0.1, -0.05) is 13.3 Å². The van der Waals surface area contributed by atoms with Crippen molar-refractivity contribution in [2.75, 3.05) is 7.05 Å². The first-order valence-electron chi connectivity index (χ1n) is 7.43. The third-order valence-electron chi connectivity index (χ3n) is 4.09. The Morgan fingerprint density at radius 3 is 2.25 bits per heavy atom. The van der Waals surface area contributed by atoms with Crippen molar-refractivity contribution < 1.29 is 13.5 Å². The summed E-state index contributed by atoms with van der Waals surface area (Å²) in [6.07, 6.45) is 5.06. The molecule has 1 aliphatic rings. The molecular weight excluding hydrogens is 260 g/mol. The van der Waals surface area contributed by atoms with E-state index in [-0.39, 0.29) is 11.9 Å². The summed E-state index contributed by atoms with van der Waals surface area (Å²) in [6, 6.07) is 2.68. The minimum absolute atomic E-state index is 0.0584. The zero-order chi connectivity index (χ0) is 14.5. The summed E-state index contributed by atoms with van der Waals surface area (Å²) >= 11 is 0. The second-order valence-corrected chi connectivity index (χ2v) is 5.59.